The maximum atomic E-state index is 6.06. The fourth-order valence-electron chi connectivity index (χ4n) is 2.23. The van der Waals surface area contributed by atoms with Gasteiger partial charge in [0.15, 0.2) is 0 Å². The molecule has 0 spiro atoms. The summed E-state index contributed by atoms with van der Waals surface area (Å²) >= 11 is 3.54. The van der Waals surface area contributed by atoms with Crippen molar-refractivity contribution < 1.29 is 9.47 Å². The van der Waals surface area contributed by atoms with Gasteiger partial charge in [0.2, 0.25) is 0 Å². The molecule has 0 N–H and O–H groups in total. The number of hydrogen-bond donors (Lipinski definition) is 0. The molecule has 2 aromatic rings. The van der Waals surface area contributed by atoms with Gasteiger partial charge in [-0.2, -0.15) is 5.10 Å². The Hall–Kier alpha value is -1.07. The number of benzene rings is 1. The highest BCUT2D eigenvalue weighted by molar-refractivity contribution is 9.10. The Kier molecular flexibility index (Phi) is 3.26. The molecule has 2 heterocycles. The minimum atomic E-state index is 0.241. The number of aromatic nitrogens is 2. The first-order chi connectivity index (χ1) is 8.74. The molecule has 1 fully saturated rings. The molecule has 3 rings (SSSR count). The molecule has 1 aromatic heterocycles. The van der Waals surface area contributed by atoms with Crippen LogP contribution in [0.5, 0.6) is 5.75 Å². The molecule has 0 bridgehead atoms. The van der Waals surface area contributed by atoms with Crippen molar-refractivity contribution in [3.8, 4) is 5.75 Å². The van der Waals surface area contributed by atoms with Crippen LogP contribution in [0.15, 0.2) is 22.8 Å². The lowest BCUT2D eigenvalue weighted by Gasteiger charge is -2.23. The summed E-state index contributed by atoms with van der Waals surface area (Å²) in [6, 6.07) is 3.99. The fourth-order valence-corrected chi connectivity index (χ4v) is 2.65. The van der Waals surface area contributed by atoms with Crippen LogP contribution in [0.4, 0.5) is 0 Å². The summed E-state index contributed by atoms with van der Waals surface area (Å²) < 4.78 is 14.3. The zero-order valence-corrected chi connectivity index (χ0v) is 11.8. The largest absolute Gasteiger partial charge is 0.488 e. The summed E-state index contributed by atoms with van der Waals surface area (Å²) in [4.78, 5) is 0. The quantitative estimate of drug-likeness (QED) is 0.855. The van der Waals surface area contributed by atoms with E-state index in [0.717, 1.165) is 47.2 Å². The SMILES string of the molecule is Cn1cc2c(Br)ccc(OC3CCOCC3)c2n1. The summed E-state index contributed by atoms with van der Waals surface area (Å²) in [6.45, 7) is 1.57. The highest BCUT2D eigenvalue weighted by atomic mass is 79.9. The molecule has 0 aliphatic carbocycles. The van der Waals surface area contributed by atoms with E-state index in [9.17, 15) is 0 Å². The van der Waals surface area contributed by atoms with Crippen LogP contribution in [-0.2, 0) is 11.8 Å². The number of fused-ring (bicyclic) bond motifs is 1. The van der Waals surface area contributed by atoms with Crippen molar-refractivity contribution in [2.24, 2.45) is 7.05 Å². The molecule has 18 heavy (non-hydrogen) atoms. The van der Waals surface area contributed by atoms with Crippen LogP contribution in [0, 0.1) is 0 Å². The van der Waals surface area contributed by atoms with E-state index in [1.165, 1.54) is 0 Å². The van der Waals surface area contributed by atoms with Crippen molar-refractivity contribution in [2.45, 2.75) is 18.9 Å². The summed E-state index contributed by atoms with van der Waals surface area (Å²) in [7, 11) is 1.92. The highest BCUT2D eigenvalue weighted by Crippen LogP contribution is 2.31. The molecule has 0 radical (unpaired) electrons. The minimum absolute atomic E-state index is 0.241. The molecule has 0 atom stereocenters. The molecular formula is C13H15BrN2O2. The Morgan fingerprint density at radius 1 is 1.39 bits per heavy atom. The number of aryl methyl sites for hydroxylation is 1. The van der Waals surface area contributed by atoms with Gasteiger partial charge >= 0.3 is 0 Å². The average molecular weight is 311 g/mol. The second-order valence-electron chi connectivity index (χ2n) is 4.54. The molecule has 5 heteroatoms. The van der Waals surface area contributed by atoms with E-state index in [0.29, 0.717) is 0 Å². The van der Waals surface area contributed by atoms with Crippen LogP contribution >= 0.6 is 15.9 Å². The summed E-state index contributed by atoms with van der Waals surface area (Å²) in [5, 5.41) is 5.56. The predicted molar refractivity (Wildman–Crippen MR) is 72.9 cm³/mol. The van der Waals surface area contributed by atoms with Crippen LogP contribution < -0.4 is 4.74 Å². The van der Waals surface area contributed by atoms with Gasteiger partial charge in [-0.1, -0.05) is 15.9 Å². The molecule has 1 aliphatic rings. The molecule has 0 amide bonds. The third-order valence-electron chi connectivity index (χ3n) is 3.16. The van der Waals surface area contributed by atoms with Gasteiger partial charge in [-0.15, -0.1) is 0 Å². The normalized spacial score (nSPS) is 17.2. The second-order valence-corrected chi connectivity index (χ2v) is 5.39. The minimum Gasteiger partial charge on any atom is -0.488 e. The average Bonchev–Trinajstić information content (AvgIpc) is 2.77. The number of halogens is 1. The molecule has 1 aromatic carbocycles. The maximum Gasteiger partial charge on any atom is 0.147 e. The fraction of sp³-hybridized carbons (Fsp3) is 0.462. The Labute approximate surface area is 114 Å². The van der Waals surface area contributed by atoms with Crippen LogP contribution in [-0.4, -0.2) is 29.1 Å². The summed E-state index contributed by atoms with van der Waals surface area (Å²) in [6.07, 6.45) is 4.13. The van der Waals surface area contributed by atoms with Crippen LogP contribution in [0.2, 0.25) is 0 Å². The lowest BCUT2D eigenvalue weighted by Crippen LogP contribution is -2.25. The topological polar surface area (TPSA) is 36.3 Å². The first-order valence-corrected chi connectivity index (χ1v) is 6.89. The van der Waals surface area contributed by atoms with Crippen molar-refractivity contribution in [3.63, 3.8) is 0 Å². The maximum absolute atomic E-state index is 6.06. The lowest BCUT2D eigenvalue weighted by molar-refractivity contribution is 0.0261. The van der Waals surface area contributed by atoms with E-state index in [1.807, 2.05) is 30.1 Å². The predicted octanol–water partition coefficient (Wildman–Crippen LogP) is 2.89. The Balaban J connectivity index is 1.93. The molecule has 0 unspecified atom stereocenters. The Morgan fingerprint density at radius 3 is 2.94 bits per heavy atom. The van der Waals surface area contributed by atoms with E-state index in [-0.39, 0.29) is 6.10 Å². The number of rotatable bonds is 2. The zero-order chi connectivity index (χ0) is 12.5. The van der Waals surface area contributed by atoms with Gasteiger partial charge in [0.05, 0.1) is 13.2 Å². The standard InChI is InChI=1S/C13H15BrN2O2/c1-16-8-10-11(14)2-3-12(13(10)15-16)18-9-4-6-17-7-5-9/h2-3,8-9H,4-7H2,1H3. The van der Waals surface area contributed by atoms with E-state index in [4.69, 9.17) is 9.47 Å². The third kappa shape index (κ3) is 2.24. The van der Waals surface area contributed by atoms with Crippen molar-refractivity contribution in [1.82, 2.24) is 9.78 Å². The van der Waals surface area contributed by atoms with Gasteiger partial charge in [0.1, 0.15) is 17.4 Å². The molecule has 4 nitrogen and oxygen atoms in total. The van der Waals surface area contributed by atoms with E-state index < -0.39 is 0 Å². The Morgan fingerprint density at radius 2 is 2.17 bits per heavy atom. The van der Waals surface area contributed by atoms with Crippen LogP contribution in [0.3, 0.4) is 0 Å². The molecule has 0 saturated carbocycles. The van der Waals surface area contributed by atoms with Gasteiger partial charge in [0.25, 0.3) is 0 Å². The van der Waals surface area contributed by atoms with E-state index in [1.54, 1.807) is 0 Å². The Bertz CT molecular complexity index is 561. The van der Waals surface area contributed by atoms with E-state index in [2.05, 4.69) is 21.0 Å². The first-order valence-electron chi connectivity index (χ1n) is 6.10. The number of hydrogen-bond acceptors (Lipinski definition) is 3. The van der Waals surface area contributed by atoms with Gasteiger partial charge in [-0.3, -0.25) is 4.68 Å². The van der Waals surface area contributed by atoms with E-state index >= 15 is 0 Å². The third-order valence-corrected chi connectivity index (χ3v) is 3.85. The monoisotopic (exact) mass is 310 g/mol. The van der Waals surface area contributed by atoms with Crippen LogP contribution in [0.1, 0.15) is 12.8 Å². The molecule has 1 saturated heterocycles. The van der Waals surface area contributed by atoms with Gasteiger partial charge < -0.3 is 9.47 Å². The highest BCUT2D eigenvalue weighted by Gasteiger charge is 2.18. The molecule has 96 valence electrons. The molecule has 1 aliphatic heterocycles. The van der Waals surface area contributed by atoms with Crippen molar-refractivity contribution in [2.75, 3.05) is 13.2 Å². The lowest BCUT2D eigenvalue weighted by atomic mass is 10.1. The van der Waals surface area contributed by atoms with Crippen molar-refractivity contribution in [3.05, 3.63) is 22.8 Å². The molecular weight excluding hydrogens is 296 g/mol. The van der Waals surface area contributed by atoms with Gasteiger partial charge in [-0.05, 0) is 12.1 Å². The van der Waals surface area contributed by atoms with Gasteiger partial charge in [0, 0.05) is 35.9 Å². The smallest absolute Gasteiger partial charge is 0.147 e. The summed E-state index contributed by atoms with van der Waals surface area (Å²) in [5.41, 5.74) is 0.915. The number of nitrogens with zero attached hydrogens (tertiary/aromatic N) is 2. The van der Waals surface area contributed by atoms with Crippen LogP contribution in [0.25, 0.3) is 10.9 Å². The zero-order valence-electron chi connectivity index (χ0n) is 10.2. The summed E-state index contributed by atoms with van der Waals surface area (Å²) in [5.74, 6) is 0.862. The van der Waals surface area contributed by atoms with Gasteiger partial charge in [-0.25, -0.2) is 0 Å². The second kappa shape index (κ2) is 4.90. The number of ether oxygens (including phenoxy) is 2. The van der Waals surface area contributed by atoms with Crippen molar-refractivity contribution in [1.29, 1.82) is 0 Å². The first kappa shape index (κ1) is 12.0. The van der Waals surface area contributed by atoms with Crippen molar-refractivity contribution >= 4 is 26.8 Å².